The highest BCUT2D eigenvalue weighted by Gasteiger charge is 2.13. The smallest absolute Gasteiger partial charge is 0.262 e. The average molecular weight is 342 g/mol. The van der Waals surface area contributed by atoms with Gasteiger partial charge < -0.3 is 4.42 Å². The fraction of sp³-hybridized carbons (Fsp3) is 0.0714. The van der Waals surface area contributed by atoms with Crippen molar-refractivity contribution in [3.63, 3.8) is 0 Å². The predicted octanol–water partition coefficient (Wildman–Crippen LogP) is -1.27. The summed E-state index contributed by atoms with van der Waals surface area (Å²) >= 11 is 1.78. The maximum Gasteiger partial charge on any atom is 0.262 e. The fourth-order valence-corrected chi connectivity index (χ4v) is 2.86. The summed E-state index contributed by atoms with van der Waals surface area (Å²) in [5.74, 6) is 0.877. The van der Waals surface area contributed by atoms with E-state index >= 15 is 0 Å². The van der Waals surface area contributed by atoms with E-state index in [1.807, 2.05) is 18.2 Å². The predicted molar refractivity (Wildman–Crippen MR) is 70.6 cm³/mol. The van der Waals surface area contributed by atoms with E-state index in [0.717, 1.165) is 5.76 Å². The molecule has 0 aliphatic carbocycles. The Bertz CT molecular complexity index is 755. The normalized spacial score (nSPS) is 11.7. The minimum atomic E-state index is -4.94. The molecule has 0 atom stereocenters. The number of nitrogens with zero attached hydrogens (tertiary/aromatic N) is 1. The Morgan fingerprint density at radius 2 is 1.73 bits per heavy atom. The number of thiazole rings is 1. The van der Waals surface area contributed by atoms with Gasteiger partial charge in [0.25, 0.3) is 5.01 Å². The Kier molecular flexibility index (Phi) is 5.30. The van der Waals surface area contributed by atoms with Crippen molar-refractivity contribution in [2.75, 3.05) is 0 Å². The van der Waals surface area contributed by atoms with Gasteiger partial charge in [-0.2, -0.15) is 4.57 Å². The number of fused-ring (bicyclic) bond motifs is 1. The van der Waals surface area contributed by atoms with Crippen LogP contribution in [0.3, 0.4) is 0 Å². The number of aromatic nitrogens is 1. The van der Waals surface area contributed by atoms with Gasteiger partial charge >= 0.3 is 0 Å². The molecule has 1 aromatic carbocycles. The first-order valence-corrected chi connectivity index (χ1v) is 8.10. The molecule has 22 heavy (non-hydrogen) atoms. The topological polar surface area (TPSA) is 109 Å². The van der Waals surface area contributed by atoms with Crippen LogP contribution in [0.25, 0.3) is 22.4 Å². The van der Waals surface area contributed by atoms with Gasteiger partial charge in [-0.1, -0.05) is 23.5 Å². The summed E-state index contributed by atoms with van der Waals surface area (Å²) < 4.78 is 42.7. The van der Waals surface area contributed by atoms with Crippen LogP contribution in [0.1, 0.15) is 10.8 Å². The van der Waals surface area contributed by atoms with Gasteiger partial charge in [0.15, 0.2) is 0 Å². The zero-order valence-corrected chi connectivity index (χ0v) is 13.0. The summed E-state index contributed by atoms with van der Waals surface area (Å²) in [6, 6.07) is 12.3. The minimum Gasteiger partial charge on any atom is -0.465 e. The lowest BCUT2D eigenvalue weighted by atomic mass is 10.3. The summed E-state index contributed by atoms with van der Waals surface area (Å²) in [5.41, 5.74) is 1.26. The highest BCUT2D eigenvalue weighted by atomic mass is 35.7. The molecule has 0 fully saturated rings. The standard InChI is InChI=1S/C14H12NOS.ClHO4/c1-15-12-6-2-3-7-13(12)17-14(15)9-8-11-5-4-10-16-11;2-1(3,4)5/h2-10H,1H3;(H,2,3,4,5)/q+1;/p-1/b9-8+;. The first-order valence-electron chi connectivity index (χ1n) is 6.05. The van der Waals surface area contributed by atoms with Crippen molar-refractivity contribution in [3.8, 4) is 0 Å². The zero-order chi connectivity index (χ0) is 16.2. The third kappa shape index (κ3) is 4.92. The average Bonchev–Trinajstić information content (AvgIpc) is 3.04. The van der Waals surface area contributed by atoms with Crippen molar-refractivity contribution in [1.29, 1.82) is 0 Å². The van der Waals surface area contributed by atoms with Crippen molar-refractivity contribution in [3.05, 3.63) is 53.4 Å². The van der Waals surface area contributed by atoms with E-state index < -0.39 is 10.2 Å². The fourth-order valence-electron chi connectivity index (χ4n) is 1.81. The van der Waals surface area contributed by atoms with Crippen LogP contribution in [-0.2, 0) is 7.05 Å². The van der Waals surface area contributed by atoms with Crippen LogP contribution in [-0.4, -0.2) is 0 Å². The van der Waals surface area contributed by atoms with Gasteiger partial charge in [0.05, 0.1) is 6.26 Å². The molecule has 3 aromatic rings. The molecular formula is C14H12ClNO5S. The van der Waals surface area contributed by atoms with Gasteiger partial charge in [-0.3, -0.25) is 0 Å². The maximum absolute atomic E-state index is 8.49. The Hall–Kier alpha value is -1.74. The molecule has 3 rings (SSSR count). The van der Waals surface area contributed by atoms with Gasteiger partial charge in [0.2, 0.25) is 5.52 Å². The number of benzene rings is 1. The quantitative estimate of drug-likeness (QED) is 0.540. The van der Waals surface area contributed by atoms with Gasteiger partial charge in [0.1, 0.15) is 17.5 Å². The molecule has 2 heterocycles. The maximum atomic E-state index is 8.49. The largest absolute Gasteiger partial charge is 0.465 e. The zero-order valence-electron chi connectivity index (χ0n) is 11.5. The molecule has 0 saturated carbocycles. The second-order valence-electron chi connectivity index (χ2n) is 4.19. The van der Waals surface area contributed by atoms with Crippen LogP contribution in [0.5, 0.6) is 0 Å². The molecule has 0 aliphatic rings. The van der Waals surface area contributed by atoms with Crippen LogP contribution in [0.15, 0.2) is 47.1 Å². The van der Waals surface area contributed by atoms with Crippen LogP contribution < -0.4 is 23.2 Å². The molecule has 0 unspecified atom stereocenters. The molecule has 0 spiro atoms. The molecular weight excluding hydrogens is 330 g/mol. The summed E-state index contributed by atoms with van der Waals surface area (Å²) in [7, 11) is -2.86. The number of hydrogen-bond acceptors (Lipinski definition) is 6. The minimum absolute atomic E-state index is 0.877. The Morgan fingerprint density at radius 1 is 1.05 bits per heavy atom. The SMILES string of the molecule is C[n+]1c(/C=C/c2ccco2)sc2ccccc21.[O-][Cl+3]([O-])([O-])[O-]. The lowest BCUT2D eigenvalue weighted by Gasteiger charge is -2.17. The molecule has 0 bridgehead atoms. The molecule has 0 saturated heterocycles. The highest BCUT2D eigenvalue weighted by Crippen LogP contribution is 2.21. The van der Waals surface area contributed by atoms with Crippen molar-refractivity contribution < 1.29 is 37.9 Å². The number of rotatable bonds is 2. The van der Waals surface area contributed by atoms with Crippen molar-refractivity contribution in [2.24, 2.45) is 7.05 Å². The number of aryl methyl sites for hydroxylation is 1. The van der Waals surface area contributed by atoms with Gasteiger partial charge in [0, 0.05) is 12.1 Å². The van der Waals surface area contributed by atoms with Crippen molar-refractivity contribution in [1.82, 2.24) is 0 Å². The van der Waals surface area contributed by atoms with E-state index in [2.05, 4.69) is 42.0 Å². The monoisotopic (exact) mass is 341 g/mol. The molecule has 6 nitrogen and oxygen atoms in total. The summed E-state index contributed by atoms with van der Waals surface area (Å²) in [4.78, 5) is 0. The van der Waals surface area contributed by atoms with Crippen LogP contribution in [0.4, 0.5) is 0 Å². The van der Waals surface area contributed by atoms with E-state index in [1.54, 1.807) is 17.6 Å². The summed E-state index contributed by atoms with van der Waals surface area (Å²) in [6.07, 6.45) is 5.76. The van der Waals surface area contributed by atoms with E-state index in [9.17, 15) is 0 Å². The lowest BCUT2D eigenvalue weighted by molar-refractivity contribution is -2.00. The van der Waals surface area contributed by atoms with E-state index in [1.165, 1.54) is 15.2 Å². The third-order valence-corrected chi connectivity index (χ3v) is 3.89. The molecule has 0 amide bonds. The van der Waals surface area contributed by atoms with Gasteiger partial charge in [-0.15, -0.1) is 10.2 Å². The van der Waals surface area contributed by atoms with Crippen molar-refractivity contribution >= 4 is 33.7 Å². The van der Waals surface area contributed by atoms with E-state index in [4.69, 9.17) is 23.1 Å². The molecule has 0 N–H and O–H groups in total. The molecule has 2 aromatic heterocycles. The van der Waals surface area contributed by atoms with Crippen LogP contribution in [0, 0.1) is 10.2 Å². The Labute approximate surface area is 132 Å². The molecule has 0 aliphatic heterocycles. The number of hydrogen-bond donors (Lipinski definition) is 0. The van der Waals surface area contributed by atoms with Gasteiger partial charge in [-0.05, 0) is 24.3 Å². The highest BCUT2D eigenvalue weighted by molar-refractivity contribution is 7.18. The second-order valence-corrected chi connectivity index (χ2v) is 6.01. The third-order valence-electron chi connectivity index (χ3n) is 2.71. The number of halogens is 1. The Morgan fingerprint density at radius 3 is 2.32 bits per heavy atom. The molecule has 116 valence electrons. The van der Waals surface area contributed by atoms with E-state index in [0.29, 0.717) is 0 Å². The van der Waals surface area contributed by atoms with Crippen LogP contribution in [0.2, 0.25) is 0 Å². The summed E-state index contributed by atoms with van der Waals surface area (Å²) in [5, 5.41) is 1.21. The first kappa shape index (κ1) is 16.6. The number of furan rings is 1. The van der Waals surface area contributed by atoms with Crippen molar-refractivity contribution in [2.45, 2.75) is 0 Å². The second kappa shape index (κ2) is 7.01. The lowest BCUT2D eigenvalue weighted by Crippen LogP contribution is -2.68. The van der Waals surface area contributed by atoms with E-state index in [-0.39, 0.29) is 0 Å². The molecule has 8 heteroatoms. The van der Waals surface area contributed by atoms with Crippen LogP contribution >= 0.6 is 11.3 Å². The summed E-state index contributed by atoms with van der Waals surface area (Å²) in [6.45, 7) is 0. The molecule has 0 radical (unpaired) electrons. The number of para-hydroxylation sites is 1. The van der Waals surface area contributed by atoms with Gasteiger partial charge in [-0.25, -0.2) is 18.6 Å². The Balaban J connectivity index is 0.000000309. The first-order chi connectivity index (χ1) is 10.3.